The van der Waals surface area contributed by atoms with Crippen LogP contribution in [0.4, 0.5) is 0 Å². The van der Waals surface area contributed by atoms with Gasteiger partial charge < -0.3 is 25.8 Å². The van der Waals surface area contributed by atoms with Gasteiger partial charge in [0.25, 0.3) is 11.8 Å². The van der Waals surface area contributed by atoms with Crippen molar-refractivity contribution in [2.24, 2.45) is 0 Å². The van der Waals surface area contributed by atoms with Gasteiger partial charge in [0.1, 0.15) is 0 Å². The summed E-state index contributed by atoms with van der Waals surface area (Å²) in [5.41, 5.74) is 0.802. The normalized spacial score (nSPS) is 19.1. The van der Waals surface area contributed by atoms with Crippen LogP contribution in [0.5, 0.6) is 0 Å². The monoisotopic (exact) mass is 405 g/mol. The molecule has 1 fully saturated rings. The summed E-state index contributed by atoms with van der Waals surface area (Å²) < 4.78 is 0. The summed E-state index contributed by atoms with van der Waals surface area (Å²) in [5.74, 6) is -1.44. The van der Waals surface area contributed by atoms with Gasteiger partial charge in [-0.15, -0.1) is 11.3 Å². The number of aliphatic hydroxyl groups is 2. The minimum Gasteiger partial charge on any atom is -0.380 e. The smallest absolute Gasteiger partial charge is 0.255 e. The van der Waals surface area contributed by atoms with E-state index < -0.39 is 24.0 Å². The van der Waals surface area contributed by atoms with E-state index in [1.54, 1.807) is 17.4 Å². The molecule has 0 aromatic carbocycles. The van der Waals surface area contributed by atoms with Crippen molar-refractivity contribution < 1.29 is 19.8 Å². The van der Waals surface area contributed by atoms with Crippen LogP contribution in [0.2, 0.25) is 0 Å². The van der Waals surface area contributed by atoms with Gasteiger partial charge in [-0.05, 0) is 42.5 Å². The van der Waals surface area contributed by atoms with Crippen LogP contribution in [0.15, 0.2) is 41.8 Å². The molecule has 1 aromatic rings. The van der Waals surface area contributed by atoms with Crippen LogP contribution in [0.1, 0.15) is 24.1 Å². The molecular formula is C20H27N3O4S. The molecule has 0 aliphatic carbocycles. The summed E-state index contributed by atoms with van der Waals surface area (Å²) in [6.45, 7) is 4.51. The van der Waals surface area contributed by atoms with Crippen molar-refractivity contribution in [2.75, 3.05) is 13.1 Å². The number of amides is 2. The molecule has 4 N–H and O–H groups in total. The lowest BCUT2D eigenvalue weighted by Gasteiger charge is -2.29. The molecule has 2 rings (SSSR count). The fraction of sp³-hybridized carbons (Fsp3) is 0.450. The van der Waals surface area contributed by atoms with Crippen molar-refractivity contribution in [2.45, 2.75) is 43.9 Å². The number of aliphatic hydroxyl groups excluding tert-OH is 2. The van der Waals surface area contributed by atoms with Crippen LogP contribution in [0, 0.1) is 5.41 Å². The van der Waals surface area contributed by atoms with Crippen molar-refractivity contribution in [3.63, 3.8) is 0 Å². The number of thiophene rings is 1. The summed E-state index contributed by atoms with van der Waals surface area (Å²) in [5, 5.41) is 32.0. The van der Waals surface area contributed by atoms with Crippen molar-refractivity contribution in [3.05, 3.63) is 46.7 Å². The van der Waals surface area contributed by atoms with Gasteiger partial charge in [0.15, 0.2) is 12.2 Å². The Morgan fingerprint density at radius 2 is 2.21 bits per heavy atom. The van der Waals surface area contributed by atoms with Crippen LogP contribution in [-0.2, 0) is 16.0 Å². The second kappa shape index (κ2) is 10.9. The van der Waals surface area contributed by atoms with E-state index in [1.807, 2.05) is 23.6 Å². The number of hydrogen-bond donors (Lipinski definition) is 4. The highest BCUT2D eigenvalue weighted by Crippen LogP contribution is 2.26. The zero-order valence-electron chi connectivity index (χ0n) is 15.7. The maximum absolute atomic E-state index is 12.7. The first-order valence-corrected chi connectivity index (χ1v) is 10.2. The number of hydrogen-bond acceptors (Lipinski definition) is 6. The molecule has 2 heterocycles. The van der Waals surface area contributed by atoms with Gasteiger partial charge in [0, 0.05) is 24.4 Å². The van der Waals surface area contributed by atoms with Gasteiger partial charge >= 0.3 is 0 Å². The molecule has 8 heteroatoms. The molecule has 0 radical (unpaired) electrons. The highest BCUT2D eigenvalue weighted by molar-refractivity contribution is 7.09. The van der Waals surface area contributed by atoms with Gasteiger partial charge in [-0.2, -0.15) is 0 Å². The van der Waals surface area contributed by atoms with Gasteiger partial charge in [-0.25, -0.2) is 0 Å². The highest BCUT2D eigenvalue weighted by Gasteiger charge is 2.38. The zero-order chi connectivity index (χ0) is 20.5. The minimum absolute atomic E-state index is 0.270. The predicted octanol–water partition coefficient (Wildman–Crippen LogP) is 1.27. The highest BCUT2D eigenvalue weighted by atomic mass is 32.1. The lowest BCUT2D eigenvalue weighted by Crippen LogP contribution is -2.52. The lowest BCUT2D eigenvalue weighted by molar-refractivity contribution is -0.153. The third-order valence-corrected chi connectivity index (χ3v) is 5.64. The Balaban J connectivity index is 1.94. The lowest BCUT2D eigenvalue weighted by atomic mass is 10.0. The summed E-state index contributed by atoms with van der Waals surface area (Å²) >= 11 is 1.57. The molecular weight excluding hydrogens is 378 g/mol. The van der Waals surface area contributed by atoms with Gasteiger partial charge in [-0.1, -0.05) is 24.8 Å². The Labute approximate surface area is 168 Å². The number of likely N-dealkylation sites (tertiary alicyclic amines) is 1. The van der Waals surface area contributed by atoms with Crippen LogP contribution in [0.25, 0.3) is 0 Å². The standard InChI is InChI=1S/C20H27N3O4S/c1-2-14(6-3-10-21)16-8-4-12-23(16)20(27)18(25)17(24)19(26)22-11-9-15-7-5-13-28-15/h2,5-7,10,13,16-18,21,24-25H,1,3-4,8-9,11-12H2,(H,22,26). The van der Waals surface area contributed by atoms with Gasteiger partial charge in [0.2, 0.25) is 0 Å². The molecule has 0 saturated carbocycles. The second-order valence-corrected chi connectivity index (χ2v) is 7.58. The van der Waals surface area contributed by atoms with E-state index in [1.165, 1.54) is 11.1 Å². The molecule has 1 aliphatic heterocycles. The average molecular weight is 406 g/mol. The molecule has 2 amide bonds. The molecule has 1 aliphatic rings. The first kappa shape index (κ1) is 22.0. The Morgan fingerprint density at radius 3 is 2.86 bits per heavy atom. The van der Waals surface area contributed by atoms with Crippen LogP contribution in [-0.4, -0.2) is 64.5 Å². The van der Waals surface area contributed by atoms with E-state index in [2.05, 4.69) is 11.9 Å². The van der Waals surface area contributed by atoms with E-state index in [0.29, 0.717) is 32.4 Å². The minimum atomic E-state index is -1.82. The number of carbonyl (C=O) groups is 2. The molecule has 1 saturated heterocycles. The van der Waals surface area contributed by atoms with Gasteiger partial charge in [0.05, 0.1) is 6.04 Å². The van der Waals surface area contributed by atoms with E-state index in [-0.39, 0.29) is 6.04 Å². The topological polar surface area (TPSA) is 114 Å². The molecule has 0 spiro atoms. The van der Waals surface area contributed by atoms with E-state index in [0.717, 1.165) is 16.9 Å². The van der Waals surface area contributed by atoms with Gasteiger partial charge in [-0.3, -0.25) is 9.59 Å². The molecule has 1 aromatic heterocycles. The fourth-order valence-corrected chi connectivity index (χ4v) is 3.95. The van der Waals surface area contributed by atoms with Crippen LogP contribution < -0.4 is 5.32 Å². The molecule has 3 atom stereocenters. The molecule has 152 valence electrons. The number of carbonyl (C=O) groups excluding carboxylic acids is 2. The summed E-state index contributed by atoms with van der Waals surface area (Å²) in [6.07, 6.45) is 3.57. The largest absolute Gasteiger partial charge is 0.380 e. The number of allylic oxidation sites excluding steroid dienone is 1. The van der Waals surface area contributed by atoms with E-state index >= 15 is 0 Å². The maximum Gasteiger partial charge on any atom is 0.255 e. The van der Waals surface area contributed by atoms with Crippen molar-refractivity contribution >= 4 is 29.4 Å². The average Bonchev–Trinajstić information content (AvgIpc) is 3.39. The SMILES string of the molecule is C=CC(=CCC=N)C1CCCN1C(=O)C(O)C(O)C(=O)NCCc1cccs1. The second-order valence-electron chi connectivity index (χ2n) is 6.55. The third-order valence-electron chi connectivity index (χ3n) is 4.70. The van der Waals surface area contributed by atoms with Crippen molar-refractivity contribution in [1.29, 1.82) is 5.41 Å². The quantitative estimate of drug-likeness (QED) is 0.347. The molecule has 3 unspecified atom stereocenters. The molecule has 7 nitrogen and oxygen atoms in total. The summed E-state index contributed by atoms with van der Waals surface area (Å²) in [4.78, 5) is 27.4. The zero-order valence-corrected chi connectivity index (χ0v) is 16.5. The third kappa shape index (κ3) is 5.60. The number of nitrogens with zero attached hydrogens (tertiary/aromatic N) is 1. The summed E-state index contributed by atoms with van der Waals surface area (Å²) in [6, 6.07) is 3.59. The first-order valence-electron chi connectivity index (χ1n) is 9.27. The Kier molecular flexibility index (Phi) is 8.56. The van der Waals surface area contributed by atoms with Crippen molar-refractivity contribution in [1.82, 2.24) is 10.2 Å². The first-order chi connectivity index (χ1) is 13.5. The Morgan fingerprint density at radius 1 is 1.43 bits per heavy atom. The van der Waals surface area contributed by atoms with E-state index in [4.69, 9.17) is 5.41 Å². The number of rotatable bonds is 10. The predicted molar refractivity (Wildman–Crippen MR) is 109 cm³/mol. The molecule has 28 heavy (non-hydrogen) atoms. The van der Waals surface area contributed by atoms with Crippen molar-refractivity contribution in [3.8, 4) is 0 Å². The Bertz CT molecular complexity index is 717. The van der Waals surface area contributed by atoms with Crippen LogP contribution in [0.3, 0.4) is 0 Å². The molecule has 0 bridgehead atoms. The maximum atomic E-state index is 12.7. The number of nitrogens with one attached hydrogen (secondary N) is 2. The Hall–Kier alpha value is -2.29. The summed E-state index contributed by atoms with van der Waals surface area (Å²) in [7, 11) is 0. The van der Waals surface area contributed by atoms with E-state index in [9.17, 15) is 19.8 Å². The van der Waals surface area contributed by atoms with Crippen LogP contribution >= 0.6 is 11.3 Å². The fourth-order valence-electron chi connectivity index (χ4n) is 3.24.